The van der Waals surface area contributed by atoms with E-state index in [-0.39, 0.29) is 45.6 Å². The highest BCUT2D eigenvalue weighted by Gasteiger charge is 2.25. The van der Waals surface area contributed by atoms with Gasteiger partial charge in [0.1, 0.15) is 66.4 Å². The van der Waals surface area contributed by atoms with Gasteiger partial charge < -0.3 is 57.9 Å². The number of benzene rings is 2. The van der Waals surface area contributed by atoms with Gasteiger partial charge in [0.2, 0.25) is 17.7 Å². The van der Waals surface area contributed by atoms with Crippen LogP contribution < -0.4 is 44.0 Å². The SMILES string of the molecule is CC(NC(=O)C(N)CCCCN)C(=O)OCC(COc1ccc(-c2c(C#N)c(N)nc(SCc3coc(-c4ccc(Cl)cc4)n3)c2C#N)cc1)OC(=O)CNC(=O)C(N)CCCCN. The van der Waals surface area contributed by atoms with E-state index >= 15 is 0 Å². The molecule has 21 heteroatoms. The predicted octanol–water partition coefficient (Wildman–Crippen LogP) is 3.04. The van der Waals surface area contributed by atoms with Crippen LogP contribution in [0.4, 0.5) is 5.82 Å². The van der Waals surface area contributed by atoms with Gasteiger partial charge in [-0.05, 0) is 87.7 Å². The summed E-state index contributed by atoms with van der Waals surface area (Å²) in [5, 5.41) is 26.2. The highest BCUT2D eigenvalue weighted by atomic mass is 35.5. The van der Waals surface area contributed by atoms with E-state index in [0.717, 1.165) is 5.56 Å². The van der Waals surface area contributed by atoms with Gasteiger partial charge in [-0.15, -0.1) is 0 Å². The maximum absolute atomic E-state index is 12.9. The molecule has 2 heterocycles. The number of nitrogen functional groups attached to an aromatic ring is 1. The number of thioether (sulfide) groups is 1. The number of anilines is 1. The molecule has 0 radical (unpaired) electrons. The van der Waals surface area contributed by atoms with Crippen molar-refractivity contribution >= 4 is 52.9 Å². The fraction of sp³-hybridized carbons (Fsp3) is 0.395. The first-order chi connectivity index (χ1) is 30.8. The number of halogens is 1. The number of nitrogens with zero attached hydrogens (tertiary/aromatic N) is 4. The minimum absolute atomic E-state index is 0.00238. The molecule has 2 aromatic carbocycles. The first-order valence-electron chi connectivity index (χ1n) is 20.3. The van der Waals surface area contributed by atoms with Gasteiger partial charge in [-0.3, -0.25) is 14.4 Å². The Bertz CT molecular complexity index is 2280. The van der Waals surface area contributed by atoms with E-state index in [0.29, 0.717) is 73.8 Å². The number of hydrogen-bond acceptors (Lipinski definition) is 18. The van der Waals surface area contributed by atoms with Gasteiger partial charge in [-0.1, -0.05) is 48.3 Å². The molecule has 0 aliphatic heterocycles. The zero-order valence-electron chi connectivity index (χ0n) is 35.2. The van der Waals surface area contributed by atoms with Crippen molar-refractivity contribution < 1.29 is 37.8 Å². The summed E-state index contributed by atoms with van der Waals surface area (Å²) in [5.74, 6) is -1.95. The molecule has 0 bridgehead atoms. The summed E-state index contributed by atoms with van der Waals surface area (Å²) in [4.78, 5) is 59.7. The number of nitrogens with one attached hydrogen (secondary N) is 2. The summed E-state index contributed by atoms with van der Waals surface area (Å²) >= 11 is 7.19. The minimum Gasteiger partial charge on any atom is -0.490 e. The van der Waals surface area contributed by atoms with Gasteiger partial charge in [0.25, 0.3) is 0 Å². The normalized spacial score (nSPS) is 12.8. The molecule has 64 heavy (non-hydrogen) atoms. The van der Waals surface area contributed by atoms with Crippen molar-refractivity contribution in [3.05, 3.63) is 76.6 Å². The largest absolute Gasteiger partial charge is 0.490 e. The van der Waals surface area contributed by atoms with Crippen LogP contribution in [-0.2, 0) is 34.4 Å². The molecule has 2 amide bonds. The Hall–Kier alpha value is -6.26. The van der Waals surface area contributed by atoms with Crippen LogP contribution in [0.5, 0.6) is 5.75 Å². The molecule has 4 rings (SSSR count). The molecule has 0 aliphatic carbocycles. The first-order valence-corrected chi connectivity index (χ1v) is 21.7. The summed E-state index contributed by atoms with van der Waals surface area (Å²) in [6.45, 7) is 0.997. The number of pyridine rings is 1. The molecule has 340 valence electrons. The summed E-state index contributed by atoms with van der Waals surface area (Å²) in [5.41, 5.74) is 31.3. The van der Waals surface area contributed by atoms with Crippen molar-refractivity contribution in [2.75, 3.05) is 38.6 Å². The first kappa shape index (κ1) is 50.4. The third kappa shape index (κ3) is 15.2. The molecule has 0 saturated carbocycles. The van der Waals surface area contributed by atoms with E-state index in [2.05, 4.69) is 32.7 Å². The number of esters is 2. The smallest absolute Gasteiger partial charge is 0.328 e. The molecular formula is C43H52ClN11O8S. The molecule has 0 fully saturated rings. The van der Waals surface area contributed by atoms with Crippen LogP contribution >= 0.6 is 23.4 Å². The lowest BCUT2D eigenvalue weighted by atomic mass is 9.97. The summed E-state index contributed by atoms with van der Waals surface area (Å²) < 4.78 is 22.5. The van der Waals surface area contributed by atoms with Crippen LogP contribution in [-0.4, -0.2) is 90.8 Å². The fourth-order valence-electron chi connectivity index (χ4n) is 5.93. The van der Waals surface area contributed by atoms with E-state index in [4.69, 9.17) is 58.9 Å². The monoisotopic (exact) mass is 917 g/mol. The number of aromatic nitrogens is 2. The van der Waals surface area contributed by atoms with Crippen LogP contribution in [0.15, 0.2) is 64.2 Å². The third-order valence-electron chi connectivity index (χ3n) is 9.44. The Labute approximate surface area is 379 Å². The van der Waals surface area contributed by atoms with E-state index in [1.54, 1.807) is 48.5 Å². The van der Waals surface area contributed by atoms with Gasteiger partial charge in [0, 0.05) is 21.9 Å². The van der Waals surface area contributed by atoms with Crippen molar-refractivity contribution in [2.45, 2.75) is 80.5 Å². The van der Waals surface area contributed by atoms with Crippen LogP contribution in [0.3, 0.4) is 0 Å². The molecule has 4 atom stereocenters. The standard InChI is InChI=1S/C43H52ClN11O8S/c1-25(53-40(58)35(50)7-3-5-17-46)43(59)62-23-31(63-36(56)20-52-39(57)34(49)6-2-4-16-45)22-60-30-14-10-26(11-15-30)37-32(18-47)38(51)55-42(33(37)19-48)64-24-29-21-61-41(54-29)27-8-12-28(44)13-9-27/h8-15,21,25,31,34-35H,2-7,16-17,20,22-24,45-46,49-50H2,1H3,(H2,51,55)(H,52,57)(H,53,58). The van der Waals surface area contributed by atoms with E-state index in [1.807, 2.05) is 0 Å². The summed E-state index contributed by atoms with van der Waals surface area (Å²) in [7, 11) is 0. The molecule has 0 saturated heterocycles. The molecule has 2 aromatic heterocycles. The maximum Gasteiger partial charge on any atom is 0.328 e. The topological polar surface area (TPSA) is 337 Å². The van der Waals surface area contributed by atoms with Gasteiger partial charge >= 0.3 is 11.9 Å². The molecule has 0 spiro atoms. The minimum atomic E-state index is -1.19. The number of carbonyl (C=O) groups is 4. The van der Waals surface area contributed by atoms with Crippen LogP contribution in [0.2, 0.25) is 5.02 Å². The number of nitrogens with two attached hydrogens (primary N) is 5. The number of unbranched alkanes of at least 4 members (excludes halogenated alkanes) is 2. The molecule has 19 nitrogen and oxygen atoms in total. The molecule has 4 aromatic rings. The summed E-state index contributed by atoms with van der Waals surface area (Å²) in [6.07, 6.45) is 3.72. The Morgan fingerprint density at radius 2 is 1.48 bits per heavy atom. The Morgan fingerprint density at radius 3 is 2.11 bits per heavy atom. The predicted molar refractivity (Wildman–Crippen MR) is 239 cm³/mol. The number of rotatable bonds is 25. The van der Waals surface area contributed by atoms with Crippen molar-refractivity contribution in [2.24, 2.45) is 22.9 Å². The quantitative estimate of drug-likeness (QED) is 0.0285. The van der Waals surface area contributed by atoms with Crippen molar-refractivity contribution in [3.8, 4) is 40.5 Å². The zero-order chi connectivity index (χ0) is 46.6. The van der Waals surface area contributed by atoms with E-state index in [9.17, 15) is 29.7 Å². The van der Waals surface area contributed by atoms with Crippen LogP contribution in [0.1, 0.15) is 62.3 Å². The van der Waals surface area contributed by atoms with Gasteiger partial charge in [-0.25, -0.2) is 14.8 Å². The number of carbonyl (C=O) groups excluding carboxylic acids is 4. The number of ether oxygens (including phenoxy) is 3. The summed E-state index contributed by atoms with van der Waals surface area (Å²) in [6, 6.07) is 14.7. The van der Waals surface area contributed by atoms with Crippen LogP contribution in [0, 0.1) is 22.7 Å². The molecule has 0 aliphatic rings. The zero-order valence-corrected chi connectivity index (χ0v) is 36.8. The maximum atomic E-state index is 12.9. The lowest BCUT2D eigenvalue weighted by molar-refractivity contribution is -0.161. The van der Waals surface area contributed by atoms with Gasteiger partial charge in [0.05, 0.1) is 23.3 Å². The molecule has 12 N–H and O–H groups in total. The Morgan fingerprint density at radius 1 is 0.859 bits per heavy atom. The van der Waals surface area contributed by atoms with Crippen molar-refractivity contribution in [1.82, 2.24) is 20.6 Å². The van der Waals surface area contributed by atoms with E-state index in [1.165, 1.54) is 24.9 Å². The Balaban J connectivity index is 1.46. The van der Waals surface area contributed by atoms with Gasteiger partial charge in [-0.2, -0.15) is 10.5 Å². The second kappa shape index (κ2) is 25.8. The Kier molecular flexibility index (Phi) is 20.3. The van der Waals surface area contributed by atoms with E-state index < -0.39 is 61.1 Å². The van der Waals surface area contributed by atoms with Crippen molar-refractivity contribution in [1.29, 1.82) is 10.5 Å². The second-order valence-electron chi connectivity index (χ2n) is 14.4. The number of amides is 2. The number of nitriles is 2. The highest BCUT2D eigenvalue weighted by Crippen LogP contribution is 2.37. The average molecular weight is 918 g/mol. The second-order valence-corrected chi connectivity index (χ2v) is 15.8. The lowest BCUT2D eigenvalue weighted by Gasteiger charge is -2.21. The highest BCUT2D eigenvalue weighted by molar-refractivity contribution is 7.98. The third-order valence-corrected chi connectivity index (χ3v) is 10.7. The lowest BCUT2D eigenvalue weighted by Crippen LogP contribution is -2.48. The number of oxazole rings is 1. The molecule has 4 unspecified atom stereocenters. The van der Waals surface area contributed by atoms with Crippen molar-refractivity contribution in [3.63, 3.8) is 0 Å². The molecular weight excluding hydrogens is 866 g/mol. The van der Waals surface area contributed by atoms with Gasteiger partial charge in [0.15, 0.2) is 6.10 Å². The average Bonchev–Trinajstić information content (AvgIpc) is 3.77. The number of hydrogen-bond donors (Lipinski definition) is 7. The fourth-order valence-corrected chi connectivity index (χ4v) is 6.93. The van der Waals surface area contributed by atoms with Crippen LogP contribution in [0.25, 0.3) is 22.6 Å².